The van der Waals surface area contributed by atoms with Crippen molar-refractivity contribution in [1.29, 1.82) is 5.26 Å². The van der Waals surface area contributed by atoms with Gasteiger partial charge in [-0.25, -0.2) is 14.2 Å². The molecule has 236 valence electrons. The number of halogens is 2. The van der Waals surface area contributed by atoms with Gasteiger partial charge in [-0.15, -0.1) is 17.2 Å². The van der Waals surface area contributed by atoms with Crippen LogP contribution in [-0.2, 0) is 17.8 Å². The predicted molar refractivity (Wildman–Crippen MR) is 172 cm³/mol. The number of benzene rings is 3. The van der Waals surface area contributed by atoms with E-state index in [1.165, 1.54) is 24.6 Å². The Hall–Kier alpha value is -3.06. The van der Waals surface area contributed by atoms with Crippen LogP contribution < -0.4 is 62.9 Å². The Morgan fingerprint density at radius 1 is 1.07 bits per heavy atom. The number of aryl methyl sites for hydroxylation is 2. The topological polar surface area (TPSA) is 92.4 Å². The second kappa shape index (κ2) is 21.7. The van der Waals surface area contributed by atoms with Gasteiger partial charge in [-0.1, -0.05) is 44.2 Å². The van der Waals surface area contributed by atoms with Gasteiger partial charge in [0.15, 0.2) is 0 Å². The molecule has 1 aliphatic rings. The van der Waals surface area contributed by atoms with Gasteiger partial charge in [0.25, 0.3) is 0 Å². The summed E-state index contributed by atoms with van der Waals surface area (Å²) < 4.78 is 38.5. The predicted octanol–water partition coefficient (Wildman–Crippen LogP) is 5.83. The minimum absolute atomic E-state index is 0. The number of aromatic carboxylic acids is 1. The molecule has 2 heterocycles. The Labute approximate surface area is 319 Å². The summed E-state index contributed by atoms with van der Waals surface area (Å²) in [5, 5.41) is 17.4. The number of carbonyl (C=O) groups is 1. The van der Waals surface area contributed by atoms with Crippen molar-refractivity contribution in [3.8, 4) is 23.2 Å². The van der Waals surface area contributed by atoms with E-state index in [0.717, 1.165) is 36.0 Å². The van der Waals surface area contributed by atoms with E-state index < -0.39 is 11.8 Å². The molecule has 0 unspecified atom stereocenters. The number of aromatic nitrogens is 1. The zero-order chi connectivity index (χ0) is 33.4. The fraction of sp³-hybridized carbons (Fsp3) is 0.270. The first-order chi connectivity index (χ1) is 21.6. The fourth-order valence-electron chi connectivity index (χ4n) is 3.64. The van der Waals surface area contributed by atoms with Gasteiger partial charge in [0, 0.05) is 36.4 Å². The van der Waals surface area contributed by atoms with Crippen LogP contribution in [-0.4, -0.2) is 29.3 Å². The van der Waals surface area contributed by atoms with Crippen LogP contribution in [0.4, 0.5) is 8.78 Å². The third kappa shape index (κ3) is 13.7. The molecular weight excluding hydrogens is 660 g/mol. The SMILES string of the molecule is C1COC1.C=C(C)Cc1[c-]cc(-c2cccc(OCc3ccc(C#N)cc3F)n2)cc1F.CC.Cc1ccc(C(=O)O)cc1C.[Rb+]. The Morgan fingerprint density at radius 3 is 2.26 bits per heavy atom. The average molecular weight is 699 g/mol. The maximum Gasteiger partial charge on any atom is 1.00 e. The van der Waals surface area contributed by atoms with E-state index in [0.29, 0.717) is 34.4 Å². The second-order valence-electron chi connectivity index (χ2n) is 9.99. The Balaban J connectivity index is 0.000000483. The van der Waals surface area contributed by atoms with Gasteiger partial charge in [-0.2, -0.15) is 17.4 Å². The molecule has 6 nitrogen and oxygen atoms in total. The summed E-state index contributed by atoms with van der Waals surface area (Å²) in [5.41, 5.74) is 5.46. The van der Waals surface area contributed by atoms with Gasteiger partial charge >= 0.3 is 64.2 Å². The van der Waals surface area contributed by atoms with Crippen molar-refractivity contribution in [2.45, 2.75) is 54.1 Å². The molecule has 1 saturated heterocycles. The zero-order valence-corrected chi connectivity index (χ0v) is 32.3. The van der Waals surface area contributed by atoms with Gasteiger partial charge in [0.1, 0.15) is 12.4 Å². The van der Waals surface area contributed by atoms with Crippen LogP contribution in [0.3, 0.4) is 0 Å². The third-order valence-corrected chi connectivity index (χ3v) is 6.36. The van der Waals surface area contributed by atoms with Gasteiger partial charge < -0.3 is 14.6 Å². The number of hydrogen-bond acceptors (Lipinski definition) is 5. The standard InChI is InChI=1S/C23H17F2N2O.C9H10O2.C3H6O.C2H6.Rb/c1-15(2)10-17-8-9-18(12-21(17)25)22-4-3-5-23(27-22)28-14-19-7-6-16(13-26)11-20(19)24;1-6-3-4-8(9(10)11)5-7(6)2;1-2-4-3-1;1-2;/h3-7,9,11-12H,1,10,14H2,2H3;3-5H,1-2H3,(H,10,11);1-3H2;1-2H3;/q-1;;;;+1. The molecular formula is C37H39F2N2O4Rb. The molecule has 4 aromatic rings. The van der Waals surface area contributed by atoms with Crippen LogP contribution in [0.5, 0.6) is 5.88 Å². The number of rotatable bonds is 7. The molecule has 0 saturated carbocycles. The number of ether oxygens (including phenoxy) is 2. The number of carboxylic acid groups (broad SMARTS) is 1. The fourth-order valence-corrected chi connectivity index (χ4v) is 3.64. The molecule has 0 radical (unpaired) electrons. The van der Waals surface area contributed by atoms with Gasteiger partial charge in [0.2, 0.25) is 5.88 Å². The minimum atomic E-state index is -0.867. The van der Waals surface area contributed by atoms with E-state index >= 15 is 0 Å². The number of carboxylic acids is 1. The largest absolute Gasteiger partial charge is 1.00 e. The molecule has 0 amide bonds. The molecule has 0 spiro atoms. The molecule has 46 heavy (non-hydrogen) atoms. The van der Waals surface area contributed by atoms with E-state index in [1.807, 2.05) is 46.8 Å². The van der Waals surface area contributed by atoms with Crippen LogP contribution in [0.2, 0.25) is 0 Å². The van der Waals surface area contributed by atoms with Crippen molar-refractivity contribution >= 4 is 5.97 Å². The van der Waals surface area contributed by atoms with Crippen molar-refractivity contribution in [3.63, 3.8) is 0 Å². The molecule has 1 aromatic heterocycles. The normalized spacial score (nSPS) is 10.8. The average Bonchev–Trinajstić information content (AvgIpc) is 2.99. The van der Waals surface area contributed by atoms with E-state index in [1.54, 1.807) is 36.4 Å². The maximum absolute atomic E-state index is 14.3. The zero-order valence-electron chi connectivity index (χ0n) is 27.4. The molecule has 9 heteroatoms. The van der Waals surface area contributed by atoms with Crippen LogP contribution in [0.1, 0.15) is 65.4 Å². The van der Waals surface area contributed by atoms with E-state index in [9.17, 15) is 13.6 Å². The molecule has 0 atom stereocenters. The maximum atomic E-state index is 14.3. The van der Waals surface area contributed by atoms with Crippen LogP contribution in [0.25, 0.3) is 11.3 Å². The molecule has 0 aliphatic carbocycles. The summed E-state index contributed by atoms with van der Waals surface area (Å²) >= 11 is 0. The third-order valence-electron chi connectivity index (χ3n) is 6.36. The monoisotopic (exact) mass is 698 g/mol. The van der Waals surface area contributed by atoms with Crippen LogP contribution in [0.15, 0.2) is 78.9 Å². The van der Waals surface area contributed by atoms with Gasteiger partial charge in [0.05, 0.1) is 17.2 Å². The molecule has 1 aliphatic heterocycles. The van der Waals surface area contributed by atoms with Crippen molar-refractivity contribution < 1.29 is 86.3 Å². The summed E-state index contributed by atoms with van der Waals surface area (Å²) in [7, 11) is 0. The first kappa shape index (κ1) is 41.0. The summed E-state index contributed by atoms with van der Waals surface area (Å²) in [4.78, 5) is 14.8. The number of pyridine rings is 1. The van der Waals surface area contributed by atoms with E-state index in [-0.39, 0.29) is 82.1 Å². The summed E-state index contributed by atoms with van der Waals surface area (Å²) in [6, 6.07) is 22.3. The number of hydrogen-bond donors (Lipinski definition) is 1. The van der Waals surface area contributed by atoms with Crippen molar-refractivity contribution in [2.75, 3.05) is 13.2 Å². The van der Waals surface area contributed by atoms with Gasteiger partial charge in [-0.05, 0) is 75.1 Å². The number of nitrogens with zero attached hydrogens (tertiary/aromatic N) is 2. The Kier molecular flexibility index (Phi) is 19.3. The summed E-state index contributed by atoms with van der Waals surface area (Å²) in [6.45, 7) is 15.4. The van der Waals surface area contributed by atoms with Gasteiger partial charge in [-0.3, -0.25) is 4.39 Å². The first-order valence-corrected chi connectivity index (χ1v) is 14.6. The smallest absolute Gasteiger partial charge is 0.478 e. The molecule has 0 bridgehead atoms. The van der Waals surface area contributed by atoms with Crippen molar-refractivity contribution in [3.05, 3.63) is 130 Å². The van der Waals surface area contributed by atoms with Crippen LogP contribution in [0, 0.1) is 42.9 Å². The van der Waals surface area contributed by atoms with Crippen molar-refractivity contribution in [2.24, 2.45) is 0 Å². The van der Waals surface area contributed by atoms with Crippen molar-refractivity contribution in [1.82, 2.24) is 4.98 Å². The molecule has 1 N–H and O–H groups in total. The molecule has 3 aromatic carbocycles. The second-order valence-corrected chi connectivity index (χ2v) is 9.99. The number of nitriles is 1. The molecule has 5 rings (SSSR count). The summed E-state index contributed by atoms with van der Waals surface area (Å²) in [5.74, 6) is -1.46. The first-order valence-electron chi connectivity index (χ1n) is 14.6. The van der Waals surface area contributed by atoms with E-state index in [4.69, 9.17) is 19.8 Å². The molecule has 1 fully saturated rings. The summed E-state index contributed by atoms with van der Waals surface area (Å²) in [6.07, 6.45) is 1.71. The Bertz CT molecular complexity index is 1630. The Morgan fingerprint density at radius 2 is 1.74 bits per heavy atom. The number of allylic oxidation sites excluding steroid dienone is 1. The minimum Gasteiger partial charge on any atom is -0.478 e. The van der Waals surface area contributed by atoms with E-state index in [2.05, 4.69) is 17.6 Å². The van der Waals surface area contributed by atoms with Crippen LogP contribution >= 0.6 is 0 Å². The quantitative estimate of drug-likeness (QED) is 0.193.